The molecule has 1 spiro atoms. The van der Waals surface area contributed by atoms with Crippen LogP contribution in [0.1, 0.15) is 60.2 Å². The molecule has 4 aromatic heterocycles. The second-order valence-corrected chi connectivity index (χ2v) is 14.8. The molecule has 2 aromatic carbocycles. The van der Waals surface area contributed by atoms with E-state index in [2.05, 4.69) is 25.5 Å². The van der Waals surface area contributed by atoms with Crippen molar-refractivity contribution in [3.05, 3.63) is 130 Å². The minimum absolute atomic E-state index is 0.0918. The number of carbonyl (C=O) groups is 3. The highest BCUT2D eigenvalue weighted by molar-refractivity contribution is 7.17. The number of imidazole rings is 1. The number of carbonyl (C=O) groups excluding carboxylic acids is 3. The van der Waals surface area contributed by atoms with Crippen molar-refractivity contribution >= 4 is 52.0 Å². The van der Waals surface area contributed by atoms with Gasteiger partial charge in [-0.3, -0.25) is 18.8 Å². The normalized spacial score (nSPS) is 15.5. The number of anilines is 3. The highest BCUT2D eigenvalue weighted by Gasteiger charge is 2.45. The molecule has 10 nitrogen and oxygen atoms in total. The van der Waals surface area contributed by atoms with Gasteiger partial charge in [0.1, 0.15) is 17.9 Å². The van der Waals surface area contributed by atoms with E-state index in [4.69, 9.17) is 4.74 Å². The Morgan fingerprint density at radius 1 is 1.00 bits per heavy atom. The summed E-state index contributed by atoms with van der Waals surface area (Å²) in [5.41, 5.74) is 6.78. The van der Waals surface area contributed by atoms with Crippen molar-refractivity contribution < 1.29 is 23.5 Å². The Bertz CT molecular complexity index is 2340. The molecule has 2 N–H and O–H groups in total. The maximum atomic E-state index is 13.6. The molecule has 0 unspecified atom stereocenters. The van der Waals surface area contributed by atoms with Crippen molar-refractivity contribution in [1.82, 2.24) is 14.4 Å². The van der Waals surface area contributed by atoms with E-state index in [1.54, 1.807) is 47.1 Å². The largest absolute Gasteiger partial charge is 0.384 e. The van der Waals surface area contributed by atoms with Crippen LogP contribution in [0.2, 0.25) is 0 Å². The molecule has 2 saturated heterocycles. The molecule has 0 aliphatic carbocycles. The molecule has 2 fully saturated rings. The topological polar surface area (TPSA) is 118 Å². The first-order valence-electron chi connectivity index (χ1n) is 17.6. The van der Waals surface area contributed by atoms with Crippen molar-refractivity contribution in [3.63, 3.8) is 0 Å². The van der Waals surface area contributed by atoms with E-state index < -0.39 is 0 Å². The number of benzene rings is 2. The number of rotatable bonds is 6. The highest BCUT2D eigenvalue weighted by Crippen LogP contribution is 2.43. The number of ketones is 1. The van der Waals surface area contributed by atoms with Crippen LogP contribution in [0.4, 0.5) is 21.6 Å². The predicted molar refractivity (Wildman–Crippen MR) is 204 cm³/mol. The molecule has 12 heteroatoms. The average molecular weight is 729 g/mol. The monoisotopic (exact) mass is 728 g/mol. The number of nitrogens with zero attached hydrogens (tertiary/aromatic N) is 4. The average Bonchev–Trinajstić information content (AvgIpc) is 3.75. The van der Waals surface area contributed by atoms with Gasteiger partial charge in [-0.1, -0.05) is 6.07 Å². The van der Waals surface area contributed by atoms with Crippen molar-refractivity contribution in [2.24, 2.45) is 5.41 Å². The first kappa shape index (κ1) is 34.4. The number of hydrogen-bond donors (Lipinski definition) is 2. The lowest BCUT2D eigenvalue weighted by Gasteiger charge is -2.53. The fourth-order valence-corrected chi connectivity index (χ4v) is 8.41. The smallest absolute Gasteiger partial charge is 0.259 e. The minimum atomic E-state index is -0.267. The van der Waals surface area contributed by atoms with Crippen LogP contribution in [-0.2, 0) is 11.2 Å². The van der Waals surface area contributed by atoms with Crippen LogP contribution >= 0.6 is 11.3 Å². The summed E-state index contributed by atoms with van der Waals surface area (Å²) in [4.78, 5) is 49.4. The number of halogens is 1. The molecule has 3 aliphatic heterocycles. The van der Waals surface area contributed by atoms with Gasteiger partial charge in [-0.2, -0.15) is 0 Å². The molecule has 7 heterocycles. The zero-order valence-electron chi connectivity index (χ0n) is 29.1. The zero-order valence-corrected chi connectivity index (χ0v) is 29.9. The van der Waals surface area contributed by atoms with Crippen LogP contribution in [0.5, 0.6) is 0 Å². The second-order valence-electron chi connectivity index (χ2n) is 13.8. The lowest BCUT2D eigenvalue weighted by Crippen LogP contribution is -2.59. The third-order valence-electron chi connectivity index (χ3n) is 10.1. The minimum Gasteiger partial charge on any atom is -0.384 e. The van der Waals surface area contributed by atoms with Gasteiger partial charge in [0.05, 0.1) is 22.2 Å². The maximum Gasteiger partial charge on any atom is 0.259 e. The molecule has 6 aromatic rings. The SMILES string of the molecule is Cc1cnc(N2CC3(CCOCC3)C2)c(C(=O)Nc2ccc(C=O)cc2)c1.O=C(c1cc2c(s1)-c1ccc(F)cc1NCC2)c1ncc2ccccn12. The fourth-order valence-electron chi connectivity index (χ4n) is 7.23. The van der Waals surface area contributed by atoms with Crippen molar-refractivity contribution in [1.29, 1.82) is 0 Å². The molecule has 53 heavy (non-hydrogen) atoms. The molecule has 0 saturated carbocycles. The van der Waals surface area contributed by atoms with Gasteiger partial charge in [-0.15, -0.1) is 11.3 Å². The number of fused-ring (bicyclic) bond motifs is 4. The standard InChI is InChI=1S/C21H23N3O3.C20H14FN3OS/c1-15-10-18(20(26)23-17-4-2-16(12-25)3-5-17)19(22-11-15)24-13-21(14-24)6-8-27-9-7-21;21-13-4-5-15-16(10-13)22-7-6-12-9-17(26-19(12)15)18(25)20-23-11-14-3-1-2-8-24(14)20/h2-5,10-12H,6-9,13-14H2,1H3,(H,23,26);1-5,8-11,22H,6-7H2. The number of pyridine rings is 2. The van der Waals surface area contributed by atoms with Crippen molar-refractivity contribution in [2.45, 2.75) is 26.2 Å². The summed E-state index contributed by atoms with van der Waals surface area (Å²) in [7, 11) is 0. The third-order valence-corrected chi connectivity index (χ3v) is 11.3. The van der Waals surface area contributed by atoms with E-state index in [1.165, 1.54) is 23.5 Å². The van der Waals surface area contributed by atoms with Gasteiger partial charge in [0.25, 0.3) is 5.91 Å². The van der Waals surface area contributed by atoms with Gasteiger partial charge in [-0.05, 0) is 104 Å². The van der Waals surface area contributed by atoms with Gasteiger partial charge in [0.15, 0.2) is 5.82 Å². The van der Waals surface area contributed by atoms with E-state index in [9.17, 15) is 18.8 Å². The number of aldehydes is 1. The van der Waals surface area contributed by atoms with Gasteiger partial charge in [0, 0.05) is 78.0 Å². The van der Waals surface area contributed by atoms with Crippen LogP contribution in [0.25, 0.3) is 16.0 Å². The summed E-state index contributed by atoms with van der Waals surface area (Å²) in [6, 6.07) is 21.1. The Balaban J connectivity index is 0.000000151. The number of hydrogen-bond acceptors (Lipinski definition) is 9. The van der Waals surface area contributed by atoms with E-state index in [1.807, 2.05) is 43.5 Å². The van der Waals surface area contributed by atoms with Crippen LogP contribution < -0.4 is 15.5 Å². The Morgan fingerprint density at radius 3 is 2.60 bits per heavy atom. The summed E-state index contributed by atoms with van der Waals surface area (Å²) in [5, 5.41) is 6.17. The molecule has 1 amide bonds. The van der Waals surface area contributed by atoms with E-state index in [-0.39, 0.29) is 17.5 Å². The molecule has 0 bridgehead atoms. The fraction of sp³-hybridized carbons (Fsp3) is 0.244. The molecular formula is C41H37FN6O4S. The highest BCUT2D eigenvalue weighted by atomic mass is 32.1. The quantitative estimate of drug-likeness (QED) is 0.134. The molecule has 3 aliphatic rings. The Morgan fingerprint density at radius 2 is 1.81 bits per heavy atom. The second kappa shape index (κ2) is 14.4. The maximum absolute atomic E-state index is 13.6. The van der Waals surface area contributed by atoms with Crippen molar-refractivity contribution in [2.75, 3.05) is 48.4 Å². The van der Waals surface area contributed by atoms with Gasteiger partial charge in [-0.25, -0.2) is 14.4 Å². The van der Waals surface area contributed by atoms with Gasteiger partial charge < -0.3 is 20.3 Å². The van der Waals surface area contributed by atoms with Gasteiger partial charge >= 0.3 is 0 Å². The summed E-state index contributed by atoms with van der Waals surface area (Å²) < 4.78 is 20.9. The van der Waals surface area contributed by atoms with Crippen molar-refractivity contribution in [3.8, 4) is 10.4 Å². The van der Waals surface area contributed by atoms with Crippen LogP contribution in [0.15, 0.2) is 91.4 Å². The Kier molecular flexibility index (Phi) is 9.31. The van der Waals surface area contributed by atoms with E-state index >= 15 is 0 Å². The summed E-state index contributed by atoms with van der Waals surface area (Å²) >= 11 is 1.45. The number of thiophene rings is 1. The lowest BCUT2D eigenvalue weighted by molar-refractivity contribution is -0.000511. The van der Waals surface area contributed by atoms with Crippen LogP contribution in [0.3, 0.4) is 0 Å². The summed E-state index contributed by atoms with van der Waals surface area (Å²) in [5.74, 6) is 0.601. The first-order valence-corrected chi connectivity index (χ1v) is 18.4. The van der Waals surface area contributed by atoms with Crippen LogP contribution in [0, 0.1) is 18.2 Å². The Hall–Kier alpha value is -5.72. The zero-order chi connectivity index (χ0) is 36.5. The van der Waals surface area contributed by atoms with Crippen LogP contribution in [-0.4, -0.2) is 65.2 Å². The summed E-state index contributed by atoms with van der Waals surface area (Å²) in [6.45, 7) is 6.11. The molecule has 0 radical (unpaired) electrons. The Labute approximate surface area is 309 Å². The predicted octanol–water partition coefficient (Wildman–Crippen LogP) is 7.47. The molecule has 0 atom stereocenters. The third kappa shape index (κ3) is 6.95. The lowest BCUT2D eigenvalue weighted by atomic mass is 9.73. The van der Waals surface area contributed by atoms with Gasteiger partial charge in [0.2, 0.25) is 5.78 Å². The van der Waals surface area contributed by atoms with E-state index in [0.29, 0.717) is 39.5 Å². The first-order chi connectivity index (χ1) is 25.8. The van der Waals surface area contributed by atoms with E-state index in [0.717, 1.165) is 90.4 Å². The molecule has 268 valence electrons. The number of nitrogens with one attached hydrogen (secondary N) is 2. The number of amides is 1. The number of aryl methyl sites for hydroxylation is 1. The number of aromatic nitrogens is 3. The molecule has 9 rings (SSSR count). The number of ether oxygens (including phenoxy) is 1. The summed E-state index contributed by atoms with van der Waals surface area (Å²) in [6.07, 6.45) is 9.06. The molecular weight excluding hydrogens is 692 g/mol.